The Kier molecular flexibility index (Phi) is 7.26. The first-order valence-corrected chi connectivity index (χ1v) is 11.7. The lowest BCUT2D eigenvalue weighted by molar-refractivity contribution is -0.126. The summed E-state index contributed by atoms with van der Waals surface area (Å²) >= 11 is 0. The fourth-order valence-corrected chi connectivity index (χ4v) is 4.67. The number of benzene rings is 2. The van der Waals surface area contributed by atoms with Crippen LogP contribution < -0.4 is 5.32 Å². The largest absolute Gasteiger partial charge is 0.367 e. The molecular formula is C27H34N4O2. The van der Waals surface area contributed by atoms with Crippen molar-refractivity contribution in [3.05, 3.63) is 82.5 Å². The van der Waals surface area contributed by atoms with Crippen LogP contribution in [0.3, 0.4) is 0 Å². The number of hydrogen-bond acceptors (Lipinski definition) is 4. The fraction of sp³-hybridized carbons (Fsp3) is 0.407. The van der Waals surface area contributed by atoms with Gasteiger partial charge in [-0.2, -0.15) is 5.10 Å². The van der Waals surface area contributed by atoms with Crippen LogP contribution in [-0.4, -0.2) is 40.8 Å². The molecule has 2 aromatic carbocycles. The van der Waals surface area contributed by atoms with Crippen molar-refractivity contribution in [3.63, 3.8) is 0 Å². The van der Waals surface area contributed by atoms with E-state index in [1.807, 2.05) is 41.1 Å². The van der Waals surface area contributed by atoms with Crippen LogP contribution in [0.15, 0.2) is 54.7 Å². The summed E-state index contributed by atoms with van der Waals surface area (Å²) in [5.41, 5.74) is 6.32. The summed E-state index contributed by atoms with van der Waals surface area (Å²) in [6.07, 6.45) is 3.10. The van der Waals surface area contributed by atoms with Gasteiger partial charge in [0.15, 0.2) is 6.10 Å². The first-order valence-electron chi connectivity index (χ1n) is 11.7. The molecule has 1 aromatic heterocycles. The number of carbonyl (C=O) groups is 1. The van der Waals surface area contributed by atoms with E-state index in [1.165, 1.54) is 22.3 Å². The number of nitrogens with one attached hydrogen (secondary N) is 1. The number of aryl methyl sites for hydroxylation is 3. The fourth-order valence-electron chi connectivity index (χ4n) is 4.67. The number of rotatable bonds is 7. The van der Waals surface area contributed by atoms with Crippen LogP contribution in [0.5, 0.6) is 0 Å². The summed E-state index contributed by atoms with van der Waals surface area (Å²) in [5.74, 6) is 0.537. The number of aromatic nitrogens is 2. The topological polar surface area (TPSA) is 59.4 Å². The van der Waals surface area contributed by atoms with E-state index in [2.05, 4.69) is 48.2 Å². The molecular weight excluding hydrogens is 412 g/mol. The molecule has 3 aromatic rings. The maximum absolute atomic E-state index is 12.9. The van der Waals surface area contributed by atoms with E-state index in [0.29, 0.717) is 0 Å². The normalized spacial score (nSPS) is 16.0. The summed E-state index contributed by atoms with van der Waals surface area (Å²) in [6, 6.07) is 16.3. The third kappa shape index (κ3) is 5.34. The van der Waals surface area contributed by atoms with Gasteiger partial charge in [0.05, 0.1) is 12.2 Å². The zero-order valence-electron chi connectivity index (χ0n) is 20.0. The van der Waals surface area contributed by atoms with Gasteiger partial charge in [-0.05, 0) is 61.4 Å². The van der Waals surface area contributed by atoms with Gasteiger partial charge in [0.1, 0.15) is 5.82 Å². The predicted octanol–water partition coefficient (Wildman–Crippen LogP) is 4.97. The van der Waals surface area contributed by atoms with Gasteiger partial charge in [0.25, 0.3) is 5.91 Å². The lowest BCUT2D eigenvalue weighted by atomic mass is 9.99. The minimum atomic E-state index is -0.655. The summed E-state index contributed by atoms with van der Waals surface area (Å²) in [5, 5.41) is 7.57. The van der Waals surface area contributed by atoms with Gasteiger partial charge in [-0.1, -0.05) is 42.5 Å². The number of nitrogens with zero attached hydrogens (tertiary/aromatic N) is 3. The molecule has 1 amide bonds. The summed E-state index contributed by atoms with van der Waals surface area (Å²) in [4.78, 5) is 15.4. The first kappa shape index (κ1) is 23.2. The number of anilines is 1. The molecule has 2 heterocycles. The average Bonchev–Trinajstić information content (AvgIpc) is 3.27. The Hall–Kier alpha value is -2.96. The van der Waals surface area contributed by atoms with E-state index in [1.54, 1.807) is 13.3 Å². The highest BCUT2D eigenvalue weighted by atomic mass is 16.5. The molecule has 0 radical (unpaired) electrons. The number of hydrogen-bond donors (Lipinski definition) is 1. The molecule has 4 rings (SSSR count). The maximum Gasteiger partial charge on any atom is 0.259 e. The van der Waals surface area contributed by atoms with Crippen LogP contribution in [0.2, 0.25) is 0 Å². The molecule has 1 aliphatic rings. The summed E-state index contributed by atoms with van der Waals surface area (Å²) in [7, 11) is 1.56. The zero-order chi connectivity index (χ0) is 23.4. The Labute approximate surface area is 196 Å². The molecule has 1 fully saturated rings. The Bertz CT molecular complexity index is 1080. The van der Waals surface area contributed by atoms with Crippen molar-refractivity contribution in [3.8, 4) is 0 Å². The number of likely N-dealkylation sites (tertiary alicyclic amines) is 1. The molecule has 1 N–H and O–H groups in total. The van der Waals surface area contributed by atoms with Crippen LogP contribution in [0, 0.1) is 20.8 Å². The first-order chi connectivity index (χ1) is 16.0. The van der Waals surface area contributed by atoms with Crippen LogP contribution in [0.25, 0.3) is 0 Å². The highest BCUT2D eigenvalue weighted by molar-refractivity contribution is 5.94. The molecule has 6 heteroatoms. The molecule has 0 spiro atoms. The number of amides is 1. The van der Waals surface area contributed by atoms with Crippen molar-refractivity contribution in [2.24, 2.45) is 0 Å². The van der Waals surface area contributed by atoms with Gasteiger partial charge in [-0.15, -0.1) is 0 Å². The van der Waals surface area contributed by atoms with Crippen molar-refractivity contribution in [2.45, 2.75) is 52.3 Å². The average molecular weight is 447 g/mol. The number of piperidine rings is 1. The number of methoxy groups -OCH3 is 1. The van der Waals surface area contributed by atoms with Crippen molar-refractivity contribution in [1.29, 1.82) is 0 Å². The smallest absolute Gasteiger partial charge is 0.259 e. The number of ether oxygens (including phenoxy) is 1. The SMILES string of the molecule is CO[C@@H](C(=O)Nc1ccnn1C1CCN(Cc2cc(C)c(C)cc2C)CC1)c1ccccc1. The molecule has 6 nitrogen and oxygen atoms in total. The van der Waals surface area contributed by atoms with E-state index in [9.17, 15) is 4.79 Å². The highest BCUT2D eigenvalue weighted by Crippen LogP contribution is 2.28. The highest BCUT2D eigenvalue weighted by Gasteiger charge is 2.26. The van der Waals surface area contributed by atoms with E-state index in [4.69, 9.17) is 4.74 Å². The van der Waals surface area contributed by atoms with Gasteiger partial charge in [0.2, 0.25) is 0 Å². The molecule has 1 atom stereocenters. The maximum atomic E-state index is 12.9. The second-order valence-electron chi connectivity index (χ2n) is 9.05. The van der Waals surface area contributed by atoms with E-state index >= 15 is 0 Å². The second-order valence-corrected chi connectivity index (χ2v) is 9.05. The predicted molar refractivity (Wildman–Crippen MR) is 131 cm³/mol. The molecule has 0 unspecified atom stereocenters. The second kappa shape index (κ2) is 10.3. The third-order valence-electron chi connectivity index (χ3n) is 6.75. The standard InChI is InChI=1S/C27H34N4O2/c1-19-16-21(3)23(17-20(19)2)18-30-14-11-24(12-15-30)31-25(10-13-28-31)29-27(32)26(33-4)22-8-6-5-7-9-22/h5-10,13,16-17,24,26H,11-12,14-15,18H2,1-4H3,(H,29,32)/t26-/m1/s1. The van der Waals surface area contributed by atoms with Crippen molar-refractivity contribution < 1.29 is 9.53 Å². The Balaban J connectivity index is 1.38. The van der Waals surface area contributed by atoms with E-state index < -0.39 is 6.10 Å². The lowest BCUT2D eigenvalue weighted by Crippen LogP contribution is -2.35. The van der Waals surface area contributed by atoms with E-state index in [0.717, 1.165) is 43.9 Å². The quantitative estimate of drug-likeness (QED) is 0.557. The minimum absolute atomic E-state index is 0.187. The zero-order valence-corrected chi connectivity index (χ0v) is 20.0. The molecule has 0 saturated carbocycles. The van der Waals surface area contributed by atoms with Gasteiger partial charge >= 0.3 is 0 Å². The van der Waals surface area contributed by atoms with E-state index in [-0.39, 0.29) is 11.9 Å². The number of carbonyl (C=O) groups excluding carboxylic acids is 1. The Morgan fingerprint density at radius 3 is 2.45 bits per heavy atom. The molecule has 1 aliphatic heterocycles. The summed E-state index contributed by atoms with van der Waals surface area (Å²) in [6.45, 7) is 9.56. The van der Waals surface area contributed by atoms with Crippen molar-refractivity contribution in [2.75, 3.05) is 25.5 Å². The van der Waals surface area contributed by atoms with Crippen LogP contribution in [0.1, 0.15) is 52.8 Å². The van der Waals surface area contributed by atoms with Gasteiger partial charge in [-0.25, -0.2) is 4.68 Å². The van der Waals surface area contributed by atoms with Crippen molar-refractivity contribution in [1.82, 2.24) is 14.7 Å². The Morgan fingerprint density at radius 2 is 1.76 bits per heavy atom. The molecule has 0 bridgehead atoms. The minimum Gasteiger partial charge on any atom is -0.367 e. The van der Waals surface area contributed by atoms with Crippen molar-refractivity contribution >= 4 is 11.7 Å². The molecule has 33 heavy (non-hydrogen) atoms. The third-order valence-corrected chi connectivity index (χ3v) is 6.75. The van der Waals surface area contributed by atoms with Gasteiger partial charge in [-0.3, -0.25) is 9.69 Å². The lowest BCUT2D eigenvalue weighted by Gasteiger charge is -2.33. The summed E-state index contributed by atoms with van der Waals surface area (Å²) < 4.78 is 7.45. The molecule has 1 saturated heterocycles. The monoisotopic (exact) mass is 446 g/mol. The van der Waals surface area contributed by atoms with Crippen LogP contribution in [0.4, 0.5) is 5.82 Å². The van der Waals surface area contributed by atoms with Crippen LogP contribution >= 0.6 is 0 Å². The van der Waals surface area contributed by atoms with Gasteiger partial charge < -0.3 is 10.1 Å². The Morgan fingerprint density at radius 1 is 1.06 bits per heavy atom. The van der Waals surface area contributed by atoms with Crippen LogP contribution in [-0.2, 0) is 16.1 Å². The molecule has 174 valence electrons. The van der Waals surface area contributed by atoms with Gasteiger partial charge in [0, 0.05) is 32.8 Å². The molecule has 0 aliphatic carbocycles.